The molecule has 1 amide bonds. The van der Waals surface area contributed by atoms with E-state index >= 15 is 0 Å². The highest BCUT2D eigenvalue weighted by Crippen LogP contribution is 2.22. The van der Waals surface area contributed by atoms with Crippen molar-refractivity contribution in [2.75, 3.05) is 37.6 Å². The summed E-state index contributed by atoms with van der Waals surface area (Å²) < 4.78 is 0. The minimum absolute atomic E-state index is 0.151. The van der Waals surface area contributed by atoms with Crippen LogP contribution in [0, 0.1) is 0 Å². The molecule has 2 saturated heterocycles. The van der Waals surface area contributed by atoms with Gasteiger partial charge < -0.3 is 15.1 Å². The van der Waals surface area contributed by atoms with Crippen molar-refractivity contribution >= 4 is 11.9 Å². The van der Waals surface area contributed by atoms with Crippen molar-refractivity contribution < 1.29 is 4.79 Å². The van der Waals surface area contributed by atoms with Gasteiger partial charge in [-0.2, -0.15) is 0 Å². The Balaban J connectivity index is 1.51. The van der Waals surface area contributed by atoms with Crippen LogP contribution in [0.15, 0.2) is 42.7 Å². The van der Waals surface area contributed by atoms with Crippen LogP contribution in [0.25, 0.3) is 0 Å². The van der Waals surface area contributed by atoms with Crippen LogP contribution in [0.2, 0.25) is 0 Å². The van der Waals surface area contributed by atoms with E-state index < -0.39 is 0 Å². The number of anilines is 1. The summed E-state index contributed by atoms with van der Waals surface area (Å²) in [6.07, 6.45) is 5.77. The average Bonchev–Trinajstić information content (AvgIpc) is 3.23. The standard InChI is InChI=1S/C19H23N5O/c25-18(23-10-1-2-11-23)16-6-3-5-15(13-16)17-14-24(12-9-20-17)19-21-7-4-8-22-19/h3-8,13,17,20H,1-2,9-12,14H2. The zero-order valence-electron chi connectivity index (χ0n) is 14.3. The molecule has 25 heavy (non-hydrogen) atoms. The summed E-state index contributed by atoms with van der Waals surface area (Å²) >= 11 is 0. The number of hydrogen-bond donors (Lipinski definition) is 1. The molecule has 0 saturated carbocycles. The largest absolute Gasteiger partial charge is 0.339 e. The second-order valence-corrected chi connectivity index (χ2v) is 6.63. The van der Waals surface area contributed by atoms with Gasteiger partial charge in [0, 0.05) is 56.7 Å². The van der Waals surface area contributed by atoms with Gasteiger partial charge >= 0.3 is 0 Å². The Labute approximate surface area is 147 Å². The topological polar surface area (TPSA) is 61.4 Å². The number of piperazine rings is 1. The maximum Gasteiger partial charge on any atom is 0.253 e. The number of aromatic nitrogens is 2. The van der Waals surface area contributed by atoms with E-state index in [4.69, 9.17) is 0 Å². The molecule has 6 nitrogen and oxygen atoms in total. The van der Waals surface area contributed by atoms with Gasteiger partial charge in [0.2, 0.25) is 5.95 Å². The smallest absolute Gasteiger partial charge is 0.253 e. The molecule has 1 aromatic carbocycles. The SMILES string of the molecule is O=C(c1cccc(C2CN(c3ncccn3)CCN2)c1)N1CCCC1. The number of carbonyl (C=O) groups is 1. The molecular formula is C19H23N5O. The van der Waals surface area contributed by atoms with E-state index in [0.717, 1.165) is 62.6 Å². The van der Waals surface area contributed by atoms with Crippen LogP contribution in [-0.4, -0.2) is 53.5 Å². The predicted octanol–water partition coefficient (Wildman–Crippen LogP) is 1.86. The van der Waals surface area contributed by atoms with Crippen LogP contribution in [0.3, 0.4) is 0 Å². The minimum atomic E-state index is 0.151. The third-order valence-corrected chi connectivity index (χ3v) is 4.94. The normalized spacial score (nSPS) is 20.7. The van der Waals surface area contributed by atoms with Gasteiger partial charge in [0.15, 0.2) is 0 Å². The molecule has 1 N–H and O–H groups in total. The van der Waals surface area contributed by atoms with Gasteiger partial charge in [-0.15, -0.1) is 0 Å². The lowest BCUT2D eigenvalue weighted by molar-refractivity contribution is 0.0792. The molecule has 0 aliphatic carbocycles. The van der Waals surface area contributed by atoms with Crippen molar-refractivity contribution in [3.05, 3.63) is 53.9 Å². The monoisotopic (exact) mass is 337 g/mol. The van der Waals surface area contributed by atoms with Gasteiger partial charge in [-0.3, -0.25) is 4.79 Å². The highest BCUT2D eigenvalue weighted by molar-refractivity contribution is 5.94. The second kappa shape index (κ2) is 7.19. The minimum Gasteiger partial charge on any atom is -0.339 e. The Hall–Kier alpha value is -2.47. The first-order valence-corrected chi connectivity index (χ1v) is 8.96. The third kappa shape index (κ3) is 3.49. The maximum atomic E-state index is 12.6. The third-order valence-electron chi connectivity index (χ3n) is 4.94. The number of amides is 1. The van der Waals surface area contributed by atoms with Gasteiger partial charge in [-0.1, -0.05) is 12.1 Å². The van der Waals surface area contributed by atoms with Crippen LogP contribution in [0.5, 0.6) is 0 Å². The lowest BCUT2D eigenvalue weighted by Crippen LogP contribution is -2.46. The van der Waals surface area contributed by atoms with E-state index in [-0.39, 0.29) is 11.9 Å². The summed E-state index contributed by atoms with van der Waals surface area (Å²) in [4.78, 5) is 25.5. The molecule has 0 spiro atoms. The molecule has 1 aromatic heterocycles. The van der Waals surface area contributed by atoms with E-state index in [9.17, 15) is 4.79 Å². The Morgan fingerprint density at radius 1 is 1.08 bits per heavy atom. The van der Waals surface area contributed by atoms with E-state index in [1.165, 1.54) is 0 Å². The summed E-state index contributed by atoms with van der Waals surface area (Å²) in [7, 11) is 0. The van der Waals surface area contributed by atoms with Crippen LogP contribution in [0.4, 0.5) is 5.95 Å². The molecule has 130 valence electrons. The lowest BCUT2D eigenvalue weighted by Gasteiger charge is -2.34. The number of carbonyl (C=O) groups excluding carboxylic acids is 1. The van der Waals surface area contributed by atoms with Crippen LogP contribution < -0.4 is 10.2 Å². The van der Waals surface area contributed by atoms with E-state index in [1.54, 1.807) is 12.4 Å². The summed E-state index contributed by atoms with van der Waals surface area (Å²) in [6, 6.07) is 10.0. The molecule has 0 radical (unpaired) electrons. The first-order chi connectivity index (χ1) is 12.3. The van der Waals surface area contributed by atoms with E-state index in [0.29, 0.717) is 0 Å². The number of likely N-dealkylation sites (tertiary alicyclic amines) is 1. The Morgan fingerprint density at radius 2 is 1.88 bits per heavy atom. The molecule has 3 heterocycles. The fraction of sp³-hybridized carbons (Fsp3) is 0.421. The zero-order valence-corrected chi connectivity index (χ0v) is 14.3. The number of rotatable bonds is 3. The first kappa shape index (κ1) is 16.0. The van der Waals surface area contributed by atoms with Crippen molar-refractivity contribution in [2.24, 2.45) is 0 Å². The number of hydrogen-bond acceptors (Lipinski definition) is 5. The number of nitrogens with one attached hydrogen (secondary N) is 1. The fourth-order valence-electron chi connectivity index (χ4n) is 3.60. The van der Waals surface area contributed by atoms with Gasteiger partial charge in [-0.05, 0) is 36.6 Å². The van der Waals surface area contributed by atoms with Crippen molar-refractivity contribution in [2.45, 2.75) is 18.9 Å². The first-order valence-electron chi connectivity index (χ1n) is 8.96. The van der Waals surface area contributed by atoms with Crippen molar-refractivity contribution in [1.29, 1.82) is 0 Å². The average molecular weight is 337 g/mol. The molecular weight excluding hydrogens is 314 g/mol. The van der Waals surface area contributed by atoms with Gasteiger partial charge in [0.25, 0.3) is 5.91 Å². The fourth-order valence-corrected chi connectivity index (χ4v) is 3.60. The van der Waals surface area contributed by atoms with E-state index in [1.807, 2.05) is 29.2 Å². The lowest BCUT2D eigenvalue weighted by atomic mass is 10.0. The molecule has 6 heteroatoms. The van der Waals surface area contributed by atoms with Crippen molar-refractivity contribution in [3.8, 4) is 0 Å². The summed E-state index contributed by atoms with van der Waals surface area (Å²) in [5, 5.41) is 3.55. The molecule has 2 fully saturated rings. The van der Waals surface area contributed by atoms with Gasteiger partial charge in [-0.25, -0.2) is 9.97 Å². The molecule has 1 atom stereocenters. The van der Waals surface area contributed by atoms with Gasteiger partial charge in [0.05, 0.1) is 0 Å². The van der Waals surface area contributed by atoms with Crippen molar-refractivity contribution in [1.82, 2.24) is 20.2 Å². The maximum absolute atomic E-state index is 12.6. The second-order valence-electron chi connectivity index (χ2n) is 6.63. The molecule has 4 rings (SSSR count). The summed E-state index contributed by atoms with van der Waals surface area (Å²) in [5.74, 6) is 0.914. The number of benzene rings is 1. The van der Waals surface area contributed by atoms with Crippen LogP contribution >= 0.6 is 0 Å². The summed E-state index contributed by atoms with van der Waals surface area (Å²) in [6.45, 7) is 4.30. The van der Waals surface area contributed by atoms with Crippen LogP contribution in [-0.2, 0) is 0 Å². The van der Waals surface area contributed by atoms with Crippen LogP contribution in [0.1, 0.15) is 34.8 Å². The highest BCUT2D eigenvalue weighted by atomic mass is 16.2. The Kier molecular flexibility index (Phi) is 4.61. The predicted molar refractivity (Wildman–Crippen MR) is 96.6 cm³/mol. The zero-order chi connectivity index (χ0) is 17.1. The molecule has 1 unspecified atom stereocenters. The molecule has 0 bridgehead atoms. The Bertz CT molecular complexity index is 730. The summed E-state index contributed by atoms with van der Waals surface area (Å²) in [5.41, 5.74) is 1.93. The number of nitrogens with zero attached hydrogens (tertiary/aromatic N) is 4. The van der Waals surface area contributed by atoms with Gasteiger partial charge in [0.1, 0.15) is 0 Å². The Morgan fingerprint density at radius 3 is 2.68 bits per heavy atom. The molecule has 2 aromatic rings. The van der Waals surface area contributed by atoms with Crippen molar-refractivity contribution in [3.63, 3.8) is 0 Å². The highest BCUT2D eigenvalue weighted by Gasteiger charge is 2.24. The quantitative estimate of drug-likeness (QED) is 0.926. The molecule has 2 aliphatic rings. The van der Waals surface area contributed by atoms with E-state index in [2.05, 4.69) is 26.3 Å². The molecule has 2 aliphatic heterocycles.